The van der Waals surface area contributed by atoms with E-state index in [0.29, 0.717) is 29.6 Å². The molecular formula is C31H35FN6O5S. The predicted octanol–water partition coefficient (Wildman–Crippen LogP) is 5.91. The lowest BCUT2D eigenvalue weighted by molar-refractivity contribution is 0.114. The lowest BCUT2D eigenvalue weighted by Crippen LogP contribution is -2.31. The highest BCUT2D eigenvalue weighted by Gasteiger charge is 2.23. The van der Waals surface area contributed by atoms with E-state index in [-0.39, 0.29) is 34.4 Å². The summed E-state index contributed by atoms with van der Waals surface area (Å²) in [6.45, 7) is 8.60. The molecule has 232 valence electrons. The molecule has 0 saturated carbocycles. The highest BCUT2D eigenvalue weighted by molar-refractivity contribution is 7.89. The minimum absolute atomic E-state index is 0.0482. The molecule has 5 rings (SSSR count). The van der Waals surface area contributed by atoms with E-state index in [0.717, 1.165) is 18.5 Å². The van der Waals surface area contributed by atoms with Gasteiger partial charge in [0, 0.05) is 48.7 Å². The normalized spacial score (nSPS) is 15.2. The Morgan fingerprint density at radius 3 is 2.48 bits per heavy atom. The van der Waals surface area contributed by atoms with Crippen molar-refractivity contribution in [3.8, 4) is 17.2 Å². The number of aromatic nitrogens is 3. The van der Waals surface area contributed by atoms with E-state index in [4.69, 9.17) is 9.47 Å². The molecule has 0 radical (unpaired) electrons. The first kappa shape index (κ1) is 31.1. The van der Waals surface area contributed by atoms with E-state index < -0.39 is 21.9 Å². The number of ether oxygens (including phenoxy) is 2. The fraction of sp³-hybridized carbons (Fsp3) is 0.323. The molecule has 3 N–H and O–H groups in total. The van der Waals surface area contributed by atoms with Crippen LogP contribution in [0.3, 0.4) is 0 Å². The van der Waals surface area contributed by atoms with E-state index in [1.165, 1.54) is 28.9 Å². The maximum Gasteiger partial charge on any atom is 0.324 e. The number of sulfonamides is 1. The second-order valence-corrected chi connectivity index (χ2v) is 13.3. The van der Waals surface area contributed by atoms with Gasteiger partial charge in [0.15, 0.2) is 0 Å². The van der Waals surface area contributed by atoms with Crippen LogP contribution >= 0.6 is 0 Å². The molecule has 11 nitrogen and oxygen atoms in total. The first-order valence-corrected chi connectivity index (χ1v) is 15.7. The maximum absolute atomic E-state index is 14.9. The SMILES string of the molecule is Cc1cc(Oc2ccc(NC(=O)Nc3cc(C(C)(C)C)nn3-c3ccc(S(=O)(=O)NCC4CCCO4)cc3)c(F)c2)ccn1. The zero-order valence-corrected chi connectivity index (χ0v) is 25.7. The Hall–Kier alpha value is -4.33. The van der Waals surface area contributed by atoms with Crippen LogP contribution < -0.4 is 20.1 Å². The summed E-state index contributed by atoms with van der Waals surface area (Å²) in [6, 6.07) is 14.7. The van der Waals surface area contributed by atoms with Crippen LogP contribution in [0.1, 0.15) is 45.0 Å². The number of carbonyl (C=O) groups is 1. The number of hydrogen-bond donors (Lipinski definition) is 3. The van der Waals surface area contributed by atoms with Crippen LogP contribution in [0.4, 0.5) is 20.7 Å². The van der Waals surface area contributed by atoms with Crippen LogP contribution in [-0.4, -0.2) is 48.5 Å². The fourth-order valence-electron chi connectivity index (χ4n) is 4.54. The van der Waals surface area contributed by atoms with E-state index in [9.17, 15) is 17.6 Å². The van der Waals surface area contributed by atoms with Gasteiger partial charge in [-0.15, -0.1) is 0 Å². The number of hydrogen-bond acceptors (Lipinski definition) is 7. The van der Waals surface area contributed by atoms with Crippen LogP contribution in [0.5, 0.6) is 11.5 Å². The summed E-state index contributed by atoms with van der Waals surface area (Å²) >= 11 is 0. The van der Waals surface area contributed by atoms with Gasteiger partial charge in [-0.05, 0) is 62.2 Å². The number of amides is 2. The van der Waals surface area contributed by atoms with Gasteiger partial charge in [0.2, 0.25) is 10.0 Å². The van der Waals surface area contributed by atoms with Crippen molar-refractivity contribution < 1.29 is 27.1 Å². The first-order chi connectivity index (χ1) is 20.9. The summed E-state index contributed by atoms with van der Waals surface area (Å²) in [6.07, 6.45) is 3.20. The Bertz CT molecular complexity index is 1750. The molecule has 1 atom stereocenters. The highest BCUT2D eigenvalue weighted by Crippen LogP contribution is 2.28. The minimum Gasteiger partial charge on any atom is -0.457 e. The maximum atomic E-state index is 14.9. The molecule has 1 aliphatic heterocycles. The zero-order valence-electron chi connectivity index (χ0n) is 24.9. The Labute approximate surface area is 255 Å². The van der Waals surface area contributed by atoms with Crippen LogP contribution in [0, 0.1) is 12.7 Å². The number of aryl methyl sites for hydroxylation is 1. The molecule has 2 amide bonds. The number of nitrogens with zero attached hydrogens (tertiary/aromatic N) is 3. The van der Waals surface area contributed by atoms with E-state index in [1.54, 1.807) is 42.6 Å². The molecule has 3 heterocycles. The van der Waals surface area contributed by atoms with Gasteiger partial charge in [0.05, 0.1) is 28.1 Å². The molecule has 1 fully saturated rings. The molecule has 1 unspecified atom stereocenters. The summed E-state index contributed by atoms with van der Waals surface area (Å²) in [5.74, 6) is 0.406. The van der Waals surface area contributed by atoms with Crippen molar-refractivity contribution in [1.82, 2.24) is 19.5 Å². The fourth-order valence-corrected chi connectivity index (χ4v) is 5.61. The average Bonchev–Trinajstić information content (AvgIpc) is 3.64. The van der Waals surface area contributed by atoms with Gasteiger partial charge in [-0.25, -0.2) is 27.0 Å². The molecule has 0 bridgehead atoms. The highest BCUT2D eigenvalue weighted by atomic mass is 32.2. The van der Waals surface area contributed by atoms with E-state index >= 15 is 0 Å². The number of pyridine rings is 1. The lowest BCUT2D eigenvalue weighted by Gasteiger charge is -2.14. The first-order valence-electron chi connectivity index (χ1n) is 14.2. The molecule has 2 aromatic heterocycles. The van der Waals surface area contributed by atoms with Crippen LogP contribution in [0.2, 0.25) is 0 Å². The second-order valence-electron chi connectivity index (χ2n) is 11.5. The molecule has 44 heavy (non-hydrogen) atoms. The minimum atomic E-state index is -3.74. The molecule has 4 aromatic rings. The van der Waals surface area contributed by atoms with Crippen molar-refractivity contribution in [2.45, 2.75) is 57.0 Å². The van der Waals surface area contributed by atoms with Gasteiger partial charge in [-0.1, -0.05) is 20.8 Å². The number of benzene rings is 2. The number of carbonyl (C=O) groups excluding carboxylic acids is 1. The third kappa shape index (κ3) is 7.59. The van der Waals surface area contributed by atoms with Gasteiger partial charge in [-0.2, -0.15) is 5.10 Å². The quantitative estimate of drug-likeness (QED) is 0.211. The van der Waals surface area contributed by atoms with Crippen molar-refractivity contribution in [3.05, 3.63) is 84.1 Å². The van der Waals surface area contributed by atoms with Crippen molar-refractivity contribution in [2.75, 3.05) is 23.8 Å². The molecule has 0 aliphatic carbocycles. The second kappa shape index (κ2) is 12.7. The number of anilines is 2. The summed E-state index contributed by atoms with van der Waals surface area (Å²) in [4.78, 5) is 17.2. The van der Waals surface area contributed by atoms with Gasteiger partial charge >= 0.3 is 6.03 Å². The van der Waals surface area contributed by atoms with Gasteiger partial charge in [0.1, 0.15) is 23.1 Å². The van der Waals surface area contributed by atoms with Crippen molar-refractivity contribution >= 4 is 27.6 Å². The summed E-state index contributed by atoms with van der Waals surface area (Å²) < 4.78 is 55.8. The van der Waals surface area contributed by atoms with Gasteiger partial charge in [0.25, 0.3) is 0 Å². The largest absolute Gasteiger partial charge is 0.457 e. The molecule has 1 aliphatic rings. The predicted molar refractivity (Wildman–Crippen MR) is 165 cm³/mol. The third-order valence-electron chi connectivity index (χ3n) is 6.93. The Morgan fingerprint density at radius 1 is 1.07 bits per heavy atom. The monoisotopic (exact) mass is 622 g/mol. The van der Waals surface area contributed by atoms with Gasteiger partial charge in [-0.3, -0.25) is 10.3 Å². The number of rotatable bonds is 9. The lowest BCUT2D eigenvalue weighted by atomic mass is 9.92. The standard InChI is InChI=1S/C31H35FN6O5S/c1-20-16-23(13-14-33-20)43-22-9-12-27(26(32)17-22)35-30(39)36-29-18-28(31(2,3)4)37-38(29)21-7-10-25(11-8-21)44(40,41)34-19-24-6-5-15-42-24/h7-14,16-18,24,34H,5-6,15,19H2,1-4H3,(H2,35,36,39). The molecule has 1 saturated heterocycles. The average molecular weight is 623 g/mol. The number of halogens is 1. The van der Waals surface area contributed by atoms with Gasteiger partial charge < -0.3 is 14.8 Å². The van der Waals surface area contributed by atoms with Crippen LogP contribution in [-0.2, 0) is 20.2 Å². The Balaban J connectivity index is 1.31. The van der Waals surface area contributed by atoms with Crippen LogP contribution in [0.25, 0.3) is 5.69 Å². The molecular weight excluding hydrogens is 587 g/mol. The Morgan fingerprint density at radius 2 is 1.82 bits per heavy atom. The van der Waals surface area contributed by atoms with Crippen molar-refractivity contribution in [1.29, 1.82) is 0 Å². The Kier molecular flexibility index (Phi) is 9.00. The summed E-state index contributed by atoms with van der Waals surface area (Å²) in [5.41, 5.74) is 1.56. The van der Waals surface area contributed by atoms with Crippen LogP contribution in [0.15, 0.2) is 71.8 Å². The topological polar surface area (TPSA) is 136 Å². The zero-order chi connectivity index (χ0) is 31.5. The third-order valence-corrected chi connectivity index (χ3v) is 8.37. The molecule has 0 spiro atoms. The molecule has 2 aromatic carbocycles. The summed E-state index contributed by atoms with van der Waals surface area (Å²) in [7, 11) is -3.74. The molecule has 13 heteroatoms. The number of urea groups is 1. The van der Waals surface area contributed by atoms with E-state index in [2.05, 4.69) is 25.4 Å². The smallest absolute Gasteiger partial charge is 0.324 e. The number of nitrogens with one attached hydrogen (secondary N) is 3. The van der Waals surface area contributed by atoms with Crippen molar-refractivity contribution in [2.24, 2.45) is 0 Å². The summed E-state index contributed by atoms with van der Waals surface area (Å²) in [5, 5.41) is 9.92. The van der Waals surface area contributed by atoms with Crippen molar-refractivity contribution in [3.63, 3.8) is 0 Å². The van der Waals surface area contributed by atoms with E-state index in [1.807, 2.05) is 27.7 Å².